The van der Waals surface area contributed by atoms with Crippen LogP contribution in [0, 0.1) is 6.92 Å². The molecule has 0 aliphatic heterocycles. The first-order chi connectivity index (χ1) is 9.86. The molecule has 2 aromatic rings. The lowest BCUT2D eigenvalue weighted by Gasteiger charge is -2.19. The highest BCUT2D eigenvalue weighted by Crippen LogP contribution is 2.25. The summed E-state index contributed by atoms with van der Waals surface area (Å²) in [5.74, 6) is 0.739. The SMILES string of the molecule is Cc1cccc(C(=O)COc2cccc(C(C)(C)C)c2)c1. The first-order valence-electron chi connectivity index (χ1n) is 7.19. The highest BCUT2D eigenvalue weighted by Gasteiger charge is 2.14. The minimum Gasteiger partial charge on any atom is -0.485 e. The Morgan fingerprint density at radius 3 is 2.43 bits per heavy atom. The number of Topliss-reactive ketones (excluding diaryl/α,β-unsaturated/α-hetero) is 1. The molecule has 110 valence electrons. The van der Waals surface area contributed by atoms with Gasteiger partial charge in [0.05, 0.1) is 0 Å². The summed E-state index contributed by atoms with van der Waals surface area (Å²) in [4.78, 5) is 12.1. The zero-order valence-electron chi connectivity index (χ0n) is 13.1. The second-order valence-corrected chi connectivity index (χ2v) is 6.36. The Morgan fingerprint density at radius 2 is 1.76 bits per heavy atom. The average molecular weight is 282 g/mol. The van der Waals surface area contributed by atoms with Crippen molar-refractivity contribution in [2.24, 2.45) is 0 Å². The van der Waals surface area contributed by atoms with Crippen LogP contribution in [0.2, 0.25) is 0 Å². The van der Waals surface area contributed by atoms with Crippen LogP contribution in [-0.2, 0) is 5.41 Å². The minimum atomic E-state index is -0.000128. The van der Waals surface area contributed by atoms with Crippen LogP contribution in [0.15, 0.2) is 48.5 Å². The molecule has 0 aliphatic rings. The molecule has 0 aliphatic carbocycles. The summed E-state index contributed by atoms with van der Waals surface area (Å²) >= 11 is 0. The van der Waals surface area contributed by atoms with Gasteiger partial charge in [0, 0.05) is 5.56 Å². The highest BCUT2D eigenvalue weighted by atomic mass is 16.5. The molecule has 0 radical (unpaired) electrons. The van der Waals surface area contributed by atoms with Crippen LogP contribution >= 0.6 is 0 Å². The van der Waals surface area contributed by atoms with Gasteiger partial charge in [-0.25, -0.2) is 0 Å². The second-order valence-electron chi connectivity index (χ2n) is 6.36. The van der Waals surface area contributed by atoms with Crippen LogP contribution in [0.3, 0.4) is 0 Å². The summed E-state index contributed by atoms with van der Waals surface area (Å²) < 4.78 is 5.65. The Hall–Kier alpha value is -2.09. The standard InChI is InChI=1S/C19H22O2/c1-14-7-5-8-15(11-14)18(20)13-21-17-10-6-9-16(12-17)19(2,3)4/h5-12H,13H2,1-4H3. The molecule has 0 aromatic heterocycles. The summed E-state index contributed by atoms with van der Waals surface area (Å²) in [7, 11) is 0. The number of aryl methyl sites for hydroxylation is 1. The zero-order chi connectivity index (χ0) is 15.5. The normalized spacial score (nSPS) is 11.2. The van der Waals surface area contributed by atoms with Gasteiger partial charge in [-0.05, 0) is 36.1 Å². The molecule has 0 fully saturated rings. The fourth-order valence-electron chi connectivity index (χ4n) is 2.10. The molecular formula is C19H22O2. The number of hydrogen-bond acceptors (Lipinski definition) is 2. The van der Waals surface area contributed by atoms with Gasteiger partial charge in [-0.15, -0.1) is 0 Å². The molecule has 0 atom stereocenters. The highest BCUT2D eigenvalue weighted by molar-refractivity contribution is 5.97. The third-order valence-corrected chi connectivity index (χ3v) is 3.41. The number of hydrogen-bond donors (Lipinski definition) is 0. The van der Waals surface area contributed by atoms with Crippen molar-refractivity contribution in [3.63, 3.8) is 0 Å². The monoisotopic (exact) mass is 282 g/mol. The maximum absolute atomic E-state index is 12.1. The van der Waals surface area contributed by atoms with Crippen LogP contribution in [0.25, 0.3) is 0 Å². The summed E-state index contributed by atoms with van der Waals surface area (Å²) in [5.41, 5.74) is 3.04. The van der Waals surface area contributed by atoms with Gasteiger partial charge in [-0.3, -0.25) is 4.79 Å². The van der Waals surface area contributed by atoms with E-state index in [0.29, 0.717) is 5.56 Å². The van der Waals surface area contributed by atoms with Gasteiger partial charge in [-0.2, -0.15) is 0 Å². The molecule has 0 N–H and O–H groups in total. The lowest BCUT2D eigenvalue weighted by molar-refractivity contribution is 0.0921. The predicted octanol–water partition coefficient (Wildman–Crippen LogP) is 4.55. The first-order valence-corrected chi connectivity index (χ1v) is 7.19. The molecule has 0 saturated heterocycles. The largest absolute Gasteiger partial charge is 0.485 e. The van der Waals surface area contributed by atoms with E-state index in [9.17, 15) is 4.79 Å². The second kappa shape index (κ2) is 6.13. The zero-order valence-corrected chi connectivity index (χ0v) is 13.1. The van der Waals surface area contributed by atoms with E-state index in [1.165, 1.54) is 5.56 Å². The van der Waals surface area contributed by atoms with E-state index in [0.717, 1.165) is 11.3 Å². The fraction of sp³-hybridized carbons (Fsp3) is 0.316. The van der Waals surface area contributed by atoms with Crippen LogP contribution in [0.1, 0.15) is 42.3 Å². The predicted molar refractivity (Wildman–Crippen MR) is 86.1 cm³/mol. The van der Waals surface area contributed by atoms with Crippen LogP contribution in [0.5, 0.6) is 5.75 Å². The van der Waals surface area contributed by atoms with Crippen LogP contribution in [0.4, 0.5) is 0 Å². The van der Waals surface area contributed by atoms with E-state index in [-0.39, 0.29) is 17.8 Å². The van der Waals surface area contributed by atoms with Gasteiger partial charge < -0.3 is 4.74 Å². The van der Waals surface area contributed by atoms with Gasteiger partial charge >= 0.3 is 0 Å². The van der Waals surface area contributed by atoms with E-state index in [1.807, 2.05) is 49.4 Å². The maximum Gasteiger partial charge on any atom is 0.200 e. The van der Waals surface area contributed by atoms with Crippen molar-refractivity contribution in [3.05, 3.63) is 65.2 Å². The van der Waals surface area contributed by atoms with Crippen molar-refractivity contribution in [1.82, 2.24) is 0 Å². The molecule has 0 bridgehead atoms. The summed E-state index contributed by atoms with van der Waals surface area (Å²) in [5, 5.41) is 0. The number of carbonyl (C=O) groups is 1. The number of rotatable bonds is 4. The molecule has 21 heavy (non-hydrogen) atoms. The van der Waals surface area contributed by atoms with E-state index < -0.39 is 0 Å². The lowest BCUT2D eigenvalue weighted by atomic mass is 9.87. The van der Waals surface area contributed by atoms with Gasteiger partial charge in [0.2, 0.25) is 0 Å². The number of ketones is 1. The third-order valence-electron chi connectivity index (χ3n) is 3.41. The Bertz CT molecular complexity index is 636. The molecule has 0 unspecified atom stereocenters. The van der Waals surface area contributed by atoms with Gasteiger partial charge in [0.25, 0.3) is 0 Å². The fourth-order valence-corrected chi connectivity index (χ4v) is 2.10. The van der Waals surface area contributed by atoms with Gasteiger partial charge in [0.15, 0.2) is 12.4 Å². The van der Waals surface area contributed by atoms with Gasteiger partial charge in [0.1, 0.15) is 5.75 Å². The third kappa shape index (κ3) is 4.19. The molecule has 0 spiro atoms. The molecule has 2 aromatic carbocycles. The Kier molecular flexibility index (Phi) is 4.46. The molecular weight excluding hydrogens is 260 g/mol. The smallest absolute Gasteiger partial charge is 0.200 e. The molecule has 0 heterocycles. The molecule has 2 heteroatoms. The molecule has 2 nitrogen and oxygen atoms in total. The maximum atomic E-state index is 12.1. The molecule has 0 amide bonds. The molecule has 0 saturated carbocycles. The van der Waals surface area contributed by atoms with Crippen molar-refractivity contribution in [2.75, 3.05) is 6.61 Å². The van der Waals surface area contributed by atoms with Crippen molar-refractivity contribution < 1.29 is 9.53 Å². The van der Waals surface area contributed by atoms with Crippen molar-refractivity contribution in [2.45, 2.75) is 33.1 Å². The number of benzene rings is 2. The van der Waals surface area contributed by atoms with E-state index in [2.05, 4.69) is 26.8 Å². The van der Waals surface area contributed by atoms with Crippen LogP contribution in [-0.4, -0.2) is 12.4 Å². The lowest BCUT2D eigenvalue weighted by Crippen LogP contribution is -2.13. The average Bonchev–Trinajstić information content (AvgIpc) is 2.44. The minimum absolute atomic E-state index is 0.000128. The number of ether oxygens (including phenoxy) is 1. The van der Waals surface area contributed by atoms with Crippen molar-refractivity contribution in [1.29, 1.82) is 0 Å². The first kappa shape index (κ1) is 15.3. The van der Waals surface area contributed by atoms with E-state index in [1.54, 1.807) is 0 Å². The van der Waals surface area contributed by atoms with Gasteiger partial charge in [-0.1, -0.05) is 56.7 Å². The Labute approximate surface area is 126 Å². The topological polar surface area (TPSA) is 26.3 Å². The van der Waals surface area contributed by atoms with E-state index in [4.69, 9.17) is 4.74 Å². The quantitative estimate of drug-likeness (QED) is 0.769. The Morgan fingerprint density at radius 1 is 1.05 bits per heavy atom. The van der Waals surface area contributed by atoms with Crippen molar-refractivity contribution >= 4 is 5.78 Å². The van der Waals surface area contributed by atoms with Crippen LogP contribution < -0.4 is 4.74 Å². The van der Waals surface area contributed by atoms with E-state index >= 15 is 0 Å². The summed E-state index contributed by atoms with van der Waals surface area (Å²) in [6, 6.07) is 15.5. The van der Waals surface area contributed by atoms with Crippen molar-refractivity contribution in [3.8, 4) is 5.75 Å². The summed E-state index contributed by atoms with van der Waals surface area (Å²) in [6.07, 6.45) is 0. The molecule has 2 rings (SSSR count). The Balaban J connectivity index is 2.05. The summed E-state index contributed by atoms with van der Waals surface area (Å²) in [6.45, 7) is 8.51. The number of carbonyl (C=O) groups excluding carboxylic acids is 1.